The molecule has 0 bridgehead atoms. The van der Waals surface area contributed by atoms with E-state index in [2.05, 4.69) is 33.9 Å². The molecule has 2 unspecified atom stereocenters. The van der Waals surface area contributed by atoms with Crippen molar-refractivity contribution >= 4 is 5.91 Å². The molecule has 0 spiro atoms. The third-order valence-corrected chi connectivity index (χ3v) is 5.45. The molecule has 0 aromatic carbocycles. The van der Waals surface area contributed by atoms with Crippen molar-refractivity contribution in [1.82, 2.24) is 20.0 Å². The van der Waals surface area contributed by atoms with Crippen molar-refractivity contribution in [3.8, 4) is 0 Å². The minimum atomic E-state index is 0.341. The fourth-order valence-corrected chi connectivity index (χ4v) is 4.14. The predicted octanol–water partition coefficient (Wildman–Crippen LogP) is 0.365. The number of rotatable bonds is 3. The third kappa shape index (κ3) is 3.41. The molecule has 3 fully saturated rings. The smallest absolute Gasteiger partial charge is 0.237 e. The molecule has 5 heteroatoms. The van der Waals surface area contributed by atoms with Crippen molar-refractivity contribution in [2.75, 3.05) is 45.8 Å². The molecule has 3 saturated heterocycles. The maximum absolute atomic E-state index is 12.6. The zero-order valence-corrected chi connectivity index (χ0v) is 13.6. The second kappa shape index (κ2) is 6.63. The van der Waals surface area contributed by atoms with E-state index >= 15 is 0 Å². The molecule has 0 saturated carbocycles. The minimum Gasteiger partial charge on any atom is -0.336 e. The Kier molecular flexibility index (Phi) is 4.82. The van der Waals surface area contributed by atoms with Crippen LogP contribution in [-0.4, -0.2) is 84.5 Å². The Bertz CT molecular complexity index is 353. The monoisotopic (exact) mass is 294 g/mol. The lowest BCUT2D eigenvalue weighted by Crippen LogP contribution is -2.64. The average molecular weight is 294 g/mol. The van der Waals surface area contributed by atoms with Crippen LogP contribution in [0.15, 0.2) is 0 Å². The first kappa shape index (κ1) is 15.3. The molecular weight excluding hydrogens is 264 g/mol. The summed E-state index contributed by atoms with van der Waals surface area (Å²) in [4.78, 5) is 19.6. The van der Waals surface area contributed by atoms with Crippen molar-refractivity contribution in [3.63, 3.8) is 0 Å². The standard InChI is InChI=1S/C16H30N4O/c1-13-4-3-5-14(2)20(13)16(21)12-18-10-15(11-18)19-8-6-17-7-9-19/h13-15,17H,3-12H2,1-2H3. The fourth-order valence-electron chi connectivity index (χ4n) is 4.14. The van der Waals surface area contributed by atoms with Gasteiger partial charge < -0.3 is 10.2 Å². The number of nitrogens with one attached hydrogen (secondary N) is 1. The summed E-state index contributed by atoms with van der Waals surface area (Å²) in [6.45, 7) is 11.7. The number of likely N-dealkylation sites (tertiary alicyclic amines) is 2. The second-order valence-corrected chi connectivity index (χ2v) is 7.06. The molecule has 21 heavy (non-hydrogen) atoms. The van der Waals surface area contributed by atoms with Gasteiger partial charge in [0, 0.05) is 57.4 Å². The number of piperazine rings is 1. The van der Waals surface area contributed by atoms with Gasteiger partial charge in [0.25, 0.3) is 0 Å². The Hall–Kier alpha value is -0.650. The van der Waals surface area contributed by atoms with Gasteiger partial charge in [-0.15, -0.1) is 0 Å². The summed E-state index contributed by atoms with van der Waals surface area (Å²) in [6.07, 6.45) is 3.60. The van der Waals surface area contributed by atoms with Crippen molar-refractivity contribution in [1.29, 1.82) is 0 Å². The molecule has 0 aromatic heterocycles. The van der Waals surface area contributed by atoms with Gasteiger partial charge in [-0.2, -0.15) is 0 Å². The second-order valence-electron chi connectivity index (χ2n) is 7.06. The molecular formula is C16H30N4O. The Balaban J connectivity index is 1.44. The highest BCUT2D eigenvalue weighted by Gasteiger charge is 2.36. The summed E-state index contributed by atoms with van der Waals surface area (Å²) in [7, 11) is 0. The van der Waals surface area contributed by atoms with Crippen LogP contribution in [0.5, 0.6) is 0 Å². The van der Waals surface area contributed by atoms with Crippen LogP contribution in [0.2, 0.25) is 0 Å². The molecule has 0 aromatic rings. The van der Waals surface area contributed by atoms with Gasteiger partial charge in [0.2, 0.25) is 5.91 Å². The van der Waals surface area contributed by atoms with Crippen LogP contribution in [0.4, 0.5) is 0 Å². The van der Waals surface area contributed by atoms with E-state index in [9.17, 15) is 4.79 Å². The van der Waals surface area contributed by atoms with E-state index in [1.807, 2.05) is 0 Å². The Labute approximate surface area is 128 Å². The minimum absolute atomic E-state index is 0.341. The lowest BCUT2D eigenvalue weighted by Gasteiger charge is -2.48. The number of amides is 1. The van der Waals surface area contributed by atoms with E-state index in [4.69, 9.17) is 0 Å². The summed E-state index contributed by atoms with van der Waals surface area (Å²) in [5.74, 6) is 0.341. The van der Waals surface area contributed by atoms with Crippen LogP contribution >= 0.6 is 0 Å². The number of hydrogen-bond donors (Lipinski definition) is 1. The molecule has 1 N–H and O–H groups in total. The van der Waals surface area contributed by atoms with E-state index in [-0.39, 0.29) is 0 Å². The third-order valence-electron chi connectivity index (χ3n) is 5.45. The summed E-state index contributed by atoms with van der Waals surface area (Å²) < 4.78 is 0. The molecule has 0 radical (unpaired) electrons. The molecule has 0 aliphatic carbocycles. The fraction of sp³-hybridized carbons (Fsp3) is 0.938. The molecule has 1 amide bonds. The molecule has 5 nitrogen and oxygen atoms in total. The van der Waals surface area contributed by atoms with Gasteiger partial charge in [0.05, 0.1) is 6.54 Å². The topological polar surface area (TPSA) is 38.8 Å². The van der Waals surface area contributed by atoms with Gasteiger partial charge in [-0.05, 0) is 33.1 Å². The lowest BCUT2D eigenvalue weighted by molar-refractivity contribution is -0.140. The van der Waals surface area contributed by atoms with E-state index in [1.54, 1.807) is 0 Å². The number of hydrogen-bond acceptors (Lipinski definition) is 4. The molecule has 2 atom stereocenters. The van der Waals surface area contributed by atoms with Crippen LogP contribution in [-0.2, 0) is 4.79 Å². The summed E-state index contributed by atoms with van der Waals surface area (Å²) in [6, 6.07) is 1.52. The van der Waals surface area contributed by atoms with E-state index in [1.165, 1.54) is 19.3 Å². The predicted molar refractivity (Wildman–Crippen MR) is 84.3 cm³/mol. The van der Waals surface area contributed by atoms with Crippen LogP contribution in [0, 0.1) is 0 Å². The molecule has 3 heterocycles. The first-order valence-corrected chi connectivity index (χ1v) is 8.63. The summed E-state index contributed by atoms with van der Waals surface area (Å²) in [5.41, 5.74) is 0. The maximum Gasteiger partial charge on any atom is 0.237 e. The highest BCUT2D eigenvalue weighted by molar-refractivity contribution is 5.79. The molecule has 3 aliphatic heterocycles. The Morgan fingerprint density at radius 3 is 2.33 bits per heavy atom. The van der Waals surface area contributed by atoms with Crippen LogP contribution in [0.3, 0.4) is 0 Å². The van der Waals surface area contributed by atoms with Crippen molar-refractivity contribution in [3.05, 3.63) is 0 Å². The van der Waals surface area contributed by atoms with E-state index < -0.39 is 0 Å². The molecule has 120 valence electrons. The molecule has 3 aliphatic rings. The van der Waals surface area contributed by atoms with Crippen molar-refractivity contribution < 1.29 is 4.79 Å². The zero-order chi connectivity index (χ0) is 14.8. The van der Waals surface area contributed by atoms with E-state index in [0.29, 0.717) is 30.6 Å². The summed E-state index contributed by atoms with van der Waals surface area (Å²) in [5, 5.41) is 3.40. The normalized spacial score (nSPS) is 33.0. The van der Waals surface area contributed by atoms with Gasteiger partial charge in [-0.1, -0.05) is 0 Å². The van der Waals surface area contributed by atoms with Gasteiger partial charge >= 0.3 is 0 Å². The van der Waals surface area contributed by atoms with Crippen LogP contribution < -0.4 is 5.32 Å². The number of carbonyl (C=O) groups is 1. The maximum atomic E-state index is 12.6. The number of nitrogens with zero attached hydrogens (tertiary/aromatic N) is 3. The van der Waals surface area contributed by atoms with Crippen LogP contribution in [0.25, 0.3) is 0 Å². The van der Waals surface area contributed by atoms with E-state index in [0.717, 1.165) is 39.3 Å². The average Bonchev–Trinajstić information content (AvgIpc) is 2.43. The molecule has 3 rings (SSSR count). The lowest BCUT2D eigenvalue weighted by atomic mass is 9.97. The quantitative estimate of drug-likeness (QED) is 0.816. The first-order chi connectivity index (χ1) is 10.1. The van der Waals surface area contributed by atoms with Crippen molar-refractivity contribution in [2.24, 2.45) is 0 Å². The van der Waals surface area contributed by atoms with Crippen molar-refractivity contribution in [2.45, 2.75) is 51.2 Å². The van der Waals surface area contributed by atoms with Gasteiger partial charge in [-0.25, -0.2) is 0 Å². The number of piperidine rings is 1. The summed E-state index contributed by atoms with van der Waals surface area (Å²) >= 11 is 0. The SMILES string of the molecule is CC1CCCC(C)N1C(=O)CN1CC(N2CCNCC2)C1. The largest absolute Gasteiger partial charge is 0.336 e. The Morgan fingerprint density at radius 1 is 1.10 bits per heavy atom. The van der Waals surface area contributed by atoms with Gasteiger partial charge in [0.15, 0.2) is 0 Å². The van der Waals surface area contributed by atoms with Crippen LogP contribution in [0.1, 0.15) is 33.1 Å². The highest BCUT2D eigenvalue weighted by Crippen LogP contribution is 2.23. The Morgan fingerprint density at radius 2 is 1.71 bits per heavy atom. The first-order valence-electron chi connectivity index (χ1n) is 8.63. The van der Waals surface area contributed by atoms with Gasteiger partial charge in [-0.3, -0.25) is 14.6 Å². The zero-order valence-electron chi connectivity index (χ0n) is 13.6. The number of carbonyl (C=O) groups excluding carboxylic acids is 1. The highest BCUT2D eigenvalue weighted by atomic mass is 16.2. The van der Waals surface area contributed by atoms with Gasteiger partial charge in [0.1, 0.15) is 0 Å².